The molecule has 2 heterocycles. The van der Waals surface area contributed by atoms with Crippen LogP contribution in [0.4, 0.5) is 0 Å². The lowest BCUT2D eigenvalue weighted by Crippen LogP contribution is -2.23. The van der Waals surface area contributed by atoms with Crippen LogP contribution in [-0.2, 0) is 10.0 Å². The first-order valence-electron chi connectivity index (χ1n) is 5.41. The third-order valence-corrected chi connectivity index (χ3v) is 4.06. The van der Waals surface area contributed by atoms with E-state index in [1.54, 1.807) is 18.2 Å². The van der Waals surface area contributed by atoms with Gasteiger partial charge in [0.2, 0.25) is 0 Å². The molecule has 0 aliphatic carbocycles. The summed E-state index contributed by atoms with van der Waals surface area (Å²) in [5, 5.41) is 0.106. The molecule has 0 saturated heterocycles. The number of imidazole rings is 1. The summed E-state index contributed by atoms with van der Waals surface area (Å²) in [6.45, 7) is 5.76. The van der Waals surface area contributed by atoms with E-state index in [0.29, 0.717) is 17.9 Å². The average Bonchev–Trinajstić information content (AvgIpc) is 2.59. The van der Waals surface area contributed by atoms with E-state index >= 15 is 0 Å². The predicted octanol–water partition coefficient (Wildman–Crippen LogP) is 1.25. The zero-order chi connectivity index (χ0) is 12.6. The van der Waals surface area contributed by atoms with Crippen molar-refractivity contribution >= 4 is 15.5 Å². The molecule has 0 radical (unpaired) electrons. The standard InChI is InChI=1S/C11H15N3O2S/c1-4-12-17(15,16)11-10-8(2)6-5-7-14(10)9(3)13-11/h5-7,12H,4H2,1-3H3. The van der Waals surface area contributed by atoms with Crippen LogP contribution in [0.3, 0.4) is 0 Å². The number of nitrogens with zero attached hydrogens (tertiary/aromatic N) is 2. The molecule has 0 aliphatic rings. The number of fused-ring (bicyclic) bond motifs is 1. The smallest absolute Gasteiger partial charge is 0.260 e. The summed E-state index contributed by atoms with van der Waals surface area (Å²) < 4.78 is 28.3. The number of aromatic nitrogens is 2. The largest absolute Gasteiger partial charge is 0.302 e. The first-order valence-corrected chi connectivity index (χ1v) is 6.89. The molecule has 0 atom stereocenters. The Morgan fingerprint density at radius 2 is 2.12 bits per heavy atom. The molecule has 0 amide bonds. The third kappa shape index (κ3) is 1.94. The molecule has 0 aromatic carbocycles. The van der Waals surface area contributed by atoms with E-state index in [0.717, 1.165) is 5.56 Å². The Labute approximate surface area is 101 Å². The van der Waals surface area contributed by atoms with E-state index in [1.807, 2.05) is 25.3 Å². The predicted molar refractivity (Wildman–Crippen MR) is 65.5 cm³/mol. The second-order valence-electron chi connectivity index (χ2n) is 3.88. The van der Waals surface area contributed by atoms with Crippen molar-refractivity contribution in [2.24, 2.45) is 0 Å². The quantitative estimate of drug-likeness (QED) is 0.895. The van der Waals surface area contributed by atoms with Crippen molar-refractivity contribution in [3.05, 3.63) is 29.7 Å². The van der Waals surface area contributed by atoms with Gasteiger partial charge in [-0.25, -0.2) is 18.1 Å². The lowest BCUT2D eigenvalue weighted by molar-refractivity contribution is 0.581. The lowest BCUT2D eigenvalue weighted by atomic mass is 10.3. The van der Waals surface area contributed by atoms with Gasteiger partial charge in [0.05, 0.1) is 5.52 Å². The molecular formula is C11H15N3O2S. The van der Waals surface area contributed by atoms with Crippen LogP contribution in [0.1, 0.15) is 18.3 Å². The van der Waals surface area contributed by atoms with Crippen molar-refractivity contribution in [2.45, 2.75) is 25.8 Å². The molecule has 2 aromatic rings. The molecule has 5 nitrogen and oxygen atoms in total. The topological polar surface area (TPSA) is 63.5 Å². The highest BCUT2D eigenvalue weighted by molar-refractivity contribution is 7.89. The number of aryl methyl sites for hydroxylation is 2. The first-order chi connectivity index (χ1) is 7.97. The SMILES string of the molecule is CCNS(=O)(=O)c1nc(C)n2cccc(C)c12. The van der Waals surface area contributed by atoms with Crippen molar-refractivity contribution < 1.29 is 8.42 Å². The Hall–Kier alpha value is -1.40. The Morgan fingerprint density at radius 1 is 1.41 bits per heavy atom. The highest BCUT2D eigenvalue weighted by Gasteiger charge is 2.22. The number of sulfonamides is 1. The second kappa shape index (κ2) is 4.12. The minimum absolute atomic E-state index is 0.106. The Kier molecular flexibility index (Phi) is 2.92. The summed E-state index contributed by atoms with van der Waals surface area (Å²) in [6, 6.07) is 3.75. The molecule has 17 heavy (non-hydrogen) atoms. The maximum absolute atomic E-state index is 12.0. The van der Waals surface area contributed by atoms with Gasteiger partial charge in [-0.1, -0.05) is 13.0 Å². The lowest BCUT2D eigenvalue weighted by Gasteiger charge is -2.03. The zero-order valence-electron chi connectivity index (χ0n) is 10.1. The molecule has 1 N–H and O–H groups in total. The number of hydrogen-bond acceptors (Lipinski definition) is 3. The Bertz CT molecular complexity index is 659. The van der Waals surface area contributed by atoms with Crippen LogP contribution < -0.4 is 4.72 Å². The minimum Gasteiger partial charge on any atom is -0.302 e. The summed E-state index contributed by atoms with van der Waals surface area (Å²) in [7, 11) is -3.52. The van der Waals surface area contributed by atoms with Crippen LogP contribution >= 0.6 is 0 Å². The first kappa shape index (κ1) is 12.1. The molecule has 0 saturated carbocycles. The molecule has 0 bridgehead atoms. The third-order valence-electron chi connectivity index (χ3n) is 2.60. The Morgan fingerprint density at radius 3 is 2.76 bits per heavy atom. The van der Waals surface area contributed by atoms with Gasteiger partial charge in [0.25, 0.3) is 10.0 Å². The van der Waals surface area contributed by atoms with Gasteiger partial charge in [0.1, 0.15) is 5.82 Å². The van der Waals surface area contributed by atoms with E-state index in [-0.39, 0.29) is 5.03 Å². The average molecular weight is 253 g/mol. The van der Waals surface area contributed by atoms with Crippen molar-refractivity contribution in [2.75, 3.05) is 6.54 Å². The van der Waals surface area contributed by atoms with Crippen molar-refractivity contribution in [3.63, 3.8) is 0 Å². The van der Waals surface area contributed by atoms with Gasteiger partial charge in [-0.2, -0.15) is 0 Å². The molecule has 0 aliphatic heterocycles. The fourth-order valence-corrected chi connectivity index (χ4v) is 3.14. The molecule has 6 heteroatoms. The number of hydrogen-bond donors (Lipinski definition) is 1. The van der Waals surface area contributed by atoms with Gasteiger partial charge >= 0.3 is 0 Å². The summed E-state index contributed by atoms with van der Waals surface area (Å²) >= 11 is 0. The van der Waals surface area contributed by atoms with E-state index in [9.17, 15) is 8.42 Å². The normalized spacial score (nSPS) is 12.2. The number of nitrogens with one attached hydrogen (secondary N) is 1. The molecule has 0 spiro atoms. The van der Waals surface area contributed by atoms with Gasteiger partial charge in [0.15, 0.2) is 5.03 Å². The fourth-order valence-electron chi connectivity index (χ4n) is 1.86. The van der Waals surface area contributed by atoms with Crippen LogP contribution in [0.5, 0.6) is 0 Å². The Balaban J connectivity index is 2.80. The van der Waals surface area contributed by atoms with Gasteiger partial charge in [-0.05, 0) is 25.5 Å². The molecule has 2 aromatic heterocycles. The van der Waals surface area contributed by atoms with Gasteiger partial charge in [0, 0.05) is 12.7 Å². The minimum atomic E-state index is -3.52. The number of pyridine rings is 1. The summed E-state index contributed by atoms with van der Waals surface area (Å²) in [6.07, 6.45) is 1.82. The zero-order valence-corrected chi connectivity index (χ0v) is 10.9. The highest BCUT2D eigenvalue weighted by Crippen LogP contribution is 2.20. The highest BCUT2D eigenvalue weighted by atomic mass is 32.2. The van der Waals surface area contributed by atoms with Crippen LogP contribution in [0.15, 0.2) is 23.4 Å². The van der Waals surface area contributed by atoms with Crippen molar-refractivity contribution in [1.29, 1.82) is 0 Å². The van der Waals surface area contributed by atoms with Gasteiger partial charge in [-0.3, -0.25) is 0 Å². The van der Waals surface area contributed by atoms with E-state index in [1.165, 1.54) is 0 Å². The van der Waals surface area contributed by atoms with E-state index in [2.05, 4.69) is 9.71 Å². The van der Waals surface area contributed by atoms with E-state index in [4.69, 9.17) is 0 Å². The molecule has 0 unspecified atom stereocenters. The van der Waals surface area contributed by atoms with Crippen molar-refractivity contribution in [1.82, 2.24) is 14.1 Å². The summed E-state index contributed by atoms with van der Waals surface area (Å²) in [5.41, 5.74) is 1.54. The van der Waals surface area contributed by atoms with Crippen molar-refractivity contribution in [3.8, 4) is 0 Å². The second-order valence-corrected chi connectivity index (χ2v) is 5.56. The molecule has 92 valence electrons. The summed E-state index contributed by atoms with van der Waals surface area (Å²) in [5.74, 6) is 0.667. The maximum atomic E-state index is 12.0. The van der Waals surface area contributed by atoms with Crippen LogP contribution in [0.25, 0.3) is 5.52 Å². The summed E-state index contributed by atoms with van der Waals surface area (Å²) in [4.78, 5) is 4.15. The molecular weight excluding hydrogens is 238 g/mol. The maximum Gasteiger partial charge on any atom is 0.260 e. The van der Waals surface area contributed by atoms with Crippen LogP contribution in [-0.4, -0.2) is 24.3 Å². The molecule has 2 rings (SSSR count). The monoisotopic (exact) mass is 253 g/mol. The fraction of sp³-hybridized carbons (Fsp3) is 0.364. The van der Waals surface area contributed by atoms with Gasteiger partial charge < -0.3 is 4.40 Å². The van der Waals surface area contributed by atoms with Crippen LogP contribution in [0.2, 0.25) is 0 Å². The number of rotatable bonds is 3. The van der Waals surface area contributed by atoms with Gasteiger partial charge in [-0.15, -0.1) is 0 Å². The molecule has 0 fully saturated rings. The van der Waals surface area contributed by atoms with Crippen LogP contribution in [0, 0.1) is 13.8 Å². The van der Waals surface area contributed by atoms with E-state index < -0.39 is 10.0 Å².